The zero-order chi connectivity index (χ0) is 20.5. The van der Waals surface area contributed by atoms with E-state index in [-0.39, 0.29) is 5.78 Å². The molecule has 0 fully saturated rings. The van der Waals surface area contributed by atoms with E-state index in [0.717, 1.165) is 11.3 Å². The summed E-state index contributed by atoms with van der Waals surface area (Å²) in [5, 5.41) is 2.64. The molecule has 6 nitrogen and oxygen atoms in total. The number of Topliss-reactive ketones (excluding diaryl/α,β-unsaturated/α-hetero) is 1. The van der Waals surface area contributed by atoms with Crippen molar-refractivity contribution >= 4 is 29.4 Å². The number of ketones is 1. The monoisotopic (exact) mass is 381 g/mol. The van der Waals surface area contributed by atoms with Crippen LogP contribution in [-0.2, 0) is 14.3 Å². The number of rotatable bonds is 8. The Bertz CT molecular complexity index is 854. The normalized spacial score (nSPS) is 11.7. The molecule has 1 atom stereocenters. The van der Waals surface area contributed by atoms with Crippen LogP contribution in [0.25, 0.3) is 6.08 Å². The average molecular weight is 381 g/mol. The van der Waals surface area contributed by atoms with Crippen molar-refractivity contribution in [2.75, 3.05) is 11.9 Å². The molecule has 0 heterocycles. The highest BCUT2D eigenvalue weighted by Crippen LogP contribution is 2.14. The molecule has 6 heteroatoms. The van der Waals surface area contributed by atoms with Crippen LogP contribution in [0.3, 0.4) is 0 Å². The third kappa shape index (κ3) is 6.39. The quantitative estimate of drug-likeness (QED) is 0.426. The van der Waals surface area contributed by atoms with Crippen LogP contribution in [0.5, 0.6) is 5.75 Å². The molecule has 2 aromatic rings. The second-order valence-corrected chi connectivity index (χ2v) is 6.04. The molecule has 0 bridgehead atoms. The zero-order valence-electron chi connectivity index (χ0n) is 16.1. The first-order valence-electron chi connectivity index (χ1n) is 8.92. The number of nitrogens with one attached hydrogen (secondary N) is 1. The molecule has 146 valence electrons. The summed E-state index contributed by atoms with van der Waals surface area (Å²) in [6.07, 6.45) is 1.90. The largest absolute Gasteiger partial charge is 0.494 e. The van der Waals surface area contributed by atoms with Crippen molar-refractivity contribution < 1.29 is 23.9 Å². The number of ether oxygens (including phenoxy) is 2. The van der Waals surface area contributed by atoms with Crippen LogP contribution in [0.2, 0.25) is 0 Å². The van der Waals surface area contributed by atoms with Gasteiger partial charge in [0.1, 0.15) is 5.75 Å². The molecular weight excluding hydrogens is 358 g/mol. The van der Waals surface area contributed by atoms with Gasteiger partial charge < -0.3 is 14.8 Å². The average Bonchev–Trinajstić information content (AvgIpc) is 2.68. The maximum Gasteiger partial charge on any atom is 0.331 e. The fourth-order valence-electron chi connectivity index (χ4n) is 2.31. The van der Waals surface area contributed by atoms with E-state index in [4.69, 9.17) is 9.47 Å². The number of hydrogen-bond donors (Lipinski definition) is 1. The minimum Gasteiger partial charge on any atom is -0.494 e. The molecule has 0 saturated heterocycles. The summed E-state index contributed by atoms with van der Waals surface area (Å²) < 4.78 is 10.5. The van der Waals surface area contributed by atoms with Crippen molar-refractivity contribution in [2.24, 2.45) is 0 Å². The third-order valence-electron chi connectivity index (χ3n) is 3.82. The first kappa shape index (κ1) is 20.9. The molecule has 0 unspecified atom stereocenters. The highest BCUT2D eigenvalue weighted by Gasteiger charge is 2.16. The molecular formula is C22H23NO5. The molecule has 0 aliphatic carbocycles. The van der Waals surface area contributed by atoms with Crippen LogP contribution >= 0.6 is 0 Å². The second kappa shape index (κ2) is 10.1. The van der Waals surface area contributed by atoms with Gasteiger partial charge in [-0.2, -0.15) is 0 Å². The Balaban J connectivity index is 1.86. The predicted molar refractivity (Wildman–Crippen MR) is 107 cm³/mol. The summed E-state index contributed by atoms with van der Waals surface area (Å²) in [4.78, 5) is 35.3. The molecule has 0 aromatic heterocycles. The lowest BCUT2D eigenvalue weighted by Crippen LogP contribution is -2.29. The Hall–Kier alpha value is -3.41. The number of amides is 1. The third-order valence-corrected chi connectivity index (χ3v) is 3.82. The maximum atomic E-state index is 12.1. The number of benzene rings is 2. The molecule has 0 saturated carbocycles. The van der Waals surface area contributed by atoms with Gasteiger partial charge in [0.15, 0.2) is 11.9 Å². The molecule has 28 heavy (non-hydrogen) atoms. The molecule has 2 rings (SSSR count). The molecule has 0 aliphatic rings. The van der Waals surface area contributed by atoms with Crippen molar-refractivity contribution in [2.45, 2.75) is 26.9 Å². The van der Waals surface area contributed by atoms with E-state index < -0.39 is 18.0 Å². The fourth-order valence-corrected chi connectivity index (χ4v) is 2.31. The van der Waals surface area contributed by atoms with Crippen LogP contribution < -0.4 is 10.1 Å². The summed E-state index contributed by atoms with van der Waals surface area (Å²) in [5.74, 6) is -0.384. The van der Waals surface area contributed by atoms with E-state index in [1.165, 1.54) is 19.9 Å². The minimum atomic E-state index is -0.968. The smallest absolute Gasteiger partial charge is 0.331 e. The SMILES string of the molecule is CCOc1ccc(/C=C/C(=O)O[C@H](C)C(=O)Nc2ccc(C(C)=O)cc2)cc1. The van der Waals surface area contributed by atoms with Gasteiger partial charge >= 0.3 is 5.97 Å². The van der Waals surface area contributed by atoms with Gasteiger partial charge in [0.2, 0.25) is 0 Å². The maximum absolute atomic E-state index is 12.1. The van der Waals surface area contributed by atoms with Crippen molar-refractivity contribution in [3.05, 3.63) is 65.7 Å². The van der Waals surface area contributed by atoms with Gasteiger partial charge in [-0.1, -0.05) is 12.1 Å². The lowest BCUT2D eigenvalue weighted by molar-refractivity contribution is -0.148. The summed E-state index contributed by atoms with van der Waals surface area (Å²) >= 11 is 0. The highest BCUT2D eigenvalue weighted by atomic mass is 16.5. The van der Waals surface area contributed by atoms with Crippen molar-refractivity contribution in [3.8, 4) is 5.75 Å². The topological polar surface area (TPSA) is 81.7 Å². The lowest BCUT2D eigenvalue weighted by Gasteiger charge is -2.12. The molecule has 1 N–H and O–H groups in total. The Labute approximate surface area is 164 Å². The Morgan fingerprint density at radius 1 is 1.04 bits per heavy atom. The molecule has 0 aliphatic heterocycles. The minimum absolute atomic E-state index is 0.0560. The zero-order valence-corrected chi connectivity index (χ0v) is 16.1. The van der Waals surface area contributed by atoms with Gasteiger partial charge in [-0.15, -0.1) is 0 Å². The number of carbonyl (C=O) groups excluding carboxylic acids is 3. The highest BCUT2D eigenvalue weighted by molar-refractivity contribution is 5.98. The van der Waals surface area contributed by atoms with Crippen LogP contribution in [0.1, 0.15) is 36.7 Å². The number of hydrogen-bond acceptors (Lipinski definition) is 5. The lowest BCUT2D eigenvalue weighted by atomic mass is 10.1. The Morgan fingerprint density at radius 2 is 1.68 bits per heavy atom. The van der Waals surface area contributed by atoms with Crippen LogP contribution in [0, 0.1) is 0 Å². The van der Waals surface area contributed by atoms with E-state index in [9.17, 15) is 14.4 Å². The molecule has 1 amide bonds. The Morgan fingerprint density at radius 3 is 2.25 bits per heavy atom. The Kier molecular flexibility index (Phi) is 7.51. The summed E-state index contributed by atoms with van der Waals surface area (Å²) in [5.41, 5.74) is 1.88. The predicted octanol–water partition coefficient (Wildman–Crippen LogP) is 3.87. The van der Waals surface area contributed by atoms with Crippen LogP contribution in [-0.4, -0.2) is 30.4 Å². The fraction of sp³-hybridized carbons (Fsp3) is 0.227. The van der Waals surface area contributed by atoms with Gasteiger partial charge in [-0.3, -0.25) is 9.59 Å². The van der Waals surface area contributed by atoms with Gasteiger partial charge in [-0.05, 0) is 68.8 Å². The van der Waals surface area contributed by atoms with Crippen molar-refractivity contribution in [1.82, 2.24) is 0 Å². The molecule has 0 radical (unpaired) electrons. The van der Waals surface area contributed by atoms with Crippen molar-refractivity contribution in [3.63, 3.8) is 0 Å². The number of anilines is 1. The molecule has 0 spiro atoms. The number of carbonyl (C=O) groups is 3. The van der Waals surface area contributed by atoms with E-state index in [1.807, 2.05) is 31.2 Å². The standard InChI is InChI=1S/C22H23NO5/c1-4-27-20-12-5-17(6-13-20)7-14-21(25)28-16(3)22(26)23-19-10-8-18(9-11-19)15(2)24/h5-14,16H,4H2,1-3H3,(H,23,26)/b14-7+/t16-/m1/s1. The van der Waals surface area contributed by atoms with Crippen molar-refractivity contribution in [1.29, 1.82) is 0 Å². The summed E-state index contributed by atoms with van der Waals surface area (Å²) in [6.45, 7) is 5.45. The second-order valence-electron chi connectivity index (χ2n) is 6.04. The van der Waals surface area contributed by atoms with E-state index >= 15 is 0 Å². The van der Waals surface area contributed by atoms with E-state index in [1.54, 1.807) is 30.3 Å². The molecule has 2 aromatic carbocycles. The van der Waals surface area contributed by atoms with Crippen LogP contribution in [0.4, 0.5) is 5.69 Å². The van der Waals surface area contributed by atoms with Gasteiger partial charge in [0.25, 0.3) is 5.91 Å². The number of esters is 1. The van der Waals surface area contributed by atoms with Gasteiger partial charge in [0, 0.05) is 17.3 Å². The van der Waals surface area contributed by atoms with Gasteiger partial charge in [-0.25, -0.2) is 4.79 Å². The summed E-state index contributed by atoms with van der Waals surface area (Å²) in [6, 6.07) is 13.7. The van der Waals surface area contributed by atoms with Gasteiger partial charge in [0.05, 0.1) is 6.61 Å². The van der Waals surface area contributed by atoms with E-state index in [2.05, 4.69) is 5.32 Å². The van der Waals surface area contributed by atoms with E-state index in [0.29, 0.717) is 17.9 Å². The van der Waals surface area contributed by atoms with Crippen LogP contribution in [0.15, 0.2) is 54.6 Å². The first-order valence-corrected chi connectivity index (χ1v) is 8.92. The first-order chi connectivity index (χ1) is 13.4. The summed E-state index contributed by atoms with van der Waals surface area (Å²) in [7, 11) is 0.